The van der Waals surface area contributed by atoms with Crippen LogP contribution < -0.4 is 0 Å². The third-order valence-electron chi connectivity index (χ3n) is 3.18. The molecule has 138 valence electrons. The van der Waals surface area contributed by atoms with Crippen molar-refractivity contribution in [2.24, 2.45) is 0 Å². The van der Waals surface area contributed by atoms with Crippen molar-refractivity contribution in [3.63, 3.8) is 0 Å². The molecule has 0 radical (unpaired) electrons. The number of carbonyl (C=O) groups excluding carboxylic acids is 3. The van der Waals surface area contributed by atoms with Crippen molar-refractivity contribution >= 4 is 17.8 Å². The van der Waals surface area contributed by atoms with Crippen LogP contribution in [0.2, 0.25) is 0 Å². The first kappa shape index (κ1) is 20.7. The van der Waals surface area contributed by atoms with E-state index in [9.17, 15) is 14.4 Å². The van der Waals surface area contributed by atoms with E-state index in [-0.39, 0.29) is 31.8 Å². The van der Waals surface area contributed by atoms with Crippen molar-refractivity contribution < 1.29 is 23.9 Å². The van der Waals surface area contributed by atoms with Crippen LogP contribution in [0.15, 0.2) is 30.3 Å². The fraction of sp³-hybridized carbons (Fsp3) is 0.526. The zero-order valence-electron chi connectivity index (χ0n) is 15.4. The van der Waals surface area contributed by atoms with E-state index in [1.807, 2.05) is 30.3 Å². The number of benzene rings is 1. The molecule has 25 heavy (non-hydrogen) atoms. The molecule has 0 aliphatic rings. The van der Waals surface area contributed by atoms with Gasteiger partial charge in [-0.15, -0.1) is 0 Å². The molecule has 0 aliphatic carbocycles. The topological polar surface area (TPSA) is 72.9 Å². The maximum atomic E-state index is 12.4. The predicted octanol–water partition coefficient (Wildman–Crippen LogP) is 3.34. The SMILES string of the molecule is CCOC(=O)CC(=O)CCN(Cc1ccccc1)C(=O)OC(C)(C)C. The Morgan fingerprint density at radius 2 is 1.72 bits per heavy atom. The van der Waals surface area contributed by atoms with Crippen LogP contribution in [-0.4, -0.2) is 41.5 Å². The average molecular weight is 349 g/mol. The lowest BCUT2D eigenvalue weighted by Gasteiger charge is -2.27. The summed E-state index contributed by atoms with van der Waals surface area (Å²) in [5.74, 6) is -0.806. The first-order valence-corrected chi connectivity index (χ1v) is 8.40. The van der Waals surface area contributed by atoms with E-state index in [2.05, 4.69) is 0 Å². The van der Waals surface area contributed by atoms with Crippen LogP contribution in [0.3, 0.4) is 0 Å². The van der Waals surface area contributed by atoms with Crippen LogP contribution in [-0.2, 0) is 25.6 Å². The van der Waals surface area contributed by atoms with Gasteiger partial charge in [-0.25, -0.2) is 4.79 Å². The molecule has 1 aromatic carbocycles. The Morgan fingerprint density at radius 1 is 1.08 bits per heavy atom. The maximum absolute atomic E-state index is 12.4. The molecule has 0 fully saturated rings. The second-order valence-electron chi connectivity index (χ2n) is 6.66. The molecule has 1 rings (SSSR count). The van der Waals surface area contributed by atoms with Gasteiger partial charge in [0.2, 0.25) is 0 Å². The van der Waals surface area contributed by atoms with Crippen LogP contribution >= 0.6 is 0 Å². The van der Waals surface area contributed by atoms with Gasteiger partial charge in [-0.2, -0.15) is 0 Å². The summed E-state index contributed by atoms with van der Waals surface area (Å²) in [6.45, 7) is 7.81. The Labute approximate surface area is 149 Å². The Kier molecular flexibility index (Phi) is 8.11. The van der Waals surface area contributed by atoms with Gasteiger partial charge in [0.25, 0.3) is 0 Å². The molecule has 1 aromatic rings. The normalized spacial score (nSPS) is 10.9. The molecule has 0 aromatic heterocycles. The summed E-state index contributed by atoms with van der Waals surface area (Å²) in [5.41, 5.74) is 0.312. The van der Waals surface area contributed by atoms with E-state index in [1.54, 1.807) is 27.7 Å². The van der Waals surface area contributed by atoms with E-state index in [1.165, 1.54) is 4.90 Å². The number of ketones is 1. The van der Waals surface area contributed by atoms with Gasteiger partial charge in [0.05, 0.1) is 6.61 Å². The standard InChI is InChI=1S/C19H27NO5/c1-5-24-17(22)13-16(21)11-12-20(18(23)25-19(2,3)4)14-15-9-7-6-8-10-15/h6-10H,5,11-14H2,1-4H3. The molecule has 0 saturated heterocycles. The second-order valence-corrected chi connectivity index (χ2v) is 6.66. The molecule has 0 N–H and O–H groups in total. The summed E-state index contributed by atoms with van der Waals surface area (Å²) in [4.78, 5) is 37.2. The highest BCUT2D eigenvalue weighted by atomic mass is 16.6. The van der Waals surface area contributed by atoms with Crippen molar-refractivity contribution in [2.45, 2.75) is 52.7 Å². The summed E-state index contributed by atoms with van der Waals surface area (Å²) in [6.07, 6.45) is -0.688. The number of ether oxygens (including phenoxy) is 2. The van der Waals surface area contributed by atoms with E-state index in [0.29, 0.717) is 6.54 Å². The van der Waals surface area contributed by atoms with Crippen molar-refractivity contribution in [3.05, 3.63) is 35.9 Å². The molecule has 0 aliphatic heterocycles. The minimum Gasteiger partial charge on any atom is -0.466 e. The summed E-state index contributed by atoms with van der Waals surface area (Å²) < 4.78 is 10.2. The van der Waals surface area contributed by atoms with Gasteiger partial charge in [0.15, 0.2) is 0 Å². The monoisotopic (exact) mass is 349 g/mol. The lowest BCUT2D eigenvalue weighted by atomic mass is 10.1. The van der Waals surface area contributed by atoms with E-state index >= 15 is 0 Å². The van der Waals surface area contributed by atoms with Crippen LogP contribution in [0.5, 0.6) is 0 Å². The van der Waals surface area contributed by atoms with Crippen LogP contribution in [0, 0.1) is 0 Å². The molecular weight excluding hydrogens is 322 g/mol. The molecular formula is C19H27NO5. The molecule has 0 heterocycles. The van der Waals surface area contributed by atoms with Gasteiger partial charge in [-0.3, -0.25) is 9.59 Å². The van der Waals surface area contributed by atoms with Crippen LogP contribution in [0.25, 0.3) is 0 Å². The summed E-state index contributed by atoms with van der Waals surface area (Å²) >= 11 is 0. The van der Waals surface area contributed by atoms with Gasteiger partial charge in [-0.05, 0) is 33.3 Å². The molecule has 0 spiro atoms. The van der Waals surface area contributed by atoms with Gasteiger partial charge < -0.3 is 14.4 Å². The number of Topliss-reactive ketones (excluding diaryl/α,β-unsaturated/α-hetero) is 1. The zero-order valence-corrected chi connectivity index (χ0v) is 15.4. The first-order chi connectivity index (χ1) is 11.7. The van der Waals surface area contributed by atoms with Crippen LogP contribution in [0.4, 0.5) is 4.79 Å². The Bertz CT molecular complexity index is 577. The molecule has 6 heteroatoms. The number of rotatable bonds is 8. The number of esters is 1. The van der Waals surface area contributed by atoms with Crippen molar-refractivity contribution in [2.75, 3.05) is 13.2 Å². The fourth-order valence-corrected chi connectivity index (χ4v) is 2.09. The highest BCUT2D eigenvalue weighted by Crippen LogP contribution is 2.13. The average Bonchev–Trinajstić information content (AvgIpc) is 2.50. The lowest BCUT2D eigenvalue weighted by Crippen LogP contribution is -2.37. The zero-order chi connectivity index (χ0) is 18.9. The van der Waals surface area contributed by atoms with E-state index in [4.69, 9.17) is 9.47 Å². The van der Waals surface area contributed by atoms with Crippen molar-refractivity contribution in [3.8, 4) is 0 Å². The minimum atomic E-state index is -0.624. The lowest BCUT2D eigenvalue weighted by molar-refractivity contribution is -0.145. The predicted molar refractivity (Wildman–Crippen MR) is 94.0 cm³/mol. The second kappa shape index (κ2) is 9.81. The molecule has 0 bridgehead atoms. The number of hydrogen-bond acceptors (Lipinski definition) is 5. The van der Waals surface area contributed by atoms with E-state index < -0.39 is 17.7 Å². The largest absolute Gasteiger partial charge is 0.466 e. The van der Waals surface area contributed by atoms with Gasteiger partial charge in [0.1, 0.15) is 17.8 Å². The molecule has 6 nitrogen and oxygen atoms in total. The number of carbonyl (C=O) groups is 3. The number of hydrogen-bond donors (Lipinski definition) is 0. The first-order valence-electron chi connectivity index (χ1n) is 8.40. The molecule has 0 atom stereocenters. The Morgan fingerprint density at radius 3 is 2.28 bits per heavy atom. The summed E-state index contributed by atoms with van der Waals surface area (Å²) in [5, 5.41) is 0. The maximum Gasteiger partial charge on any atom is 0.410 e. The highest BCUT2D eigenvalue weighted by Gasteiger charge is 2.23. The highest BCUT2D eigenvalue weighted by molar-refractivity contribution is 5.95. The Hall–Kier alpha value is -2.37. The number of nitrogens with zero attached hydrogens (tertiary/aromatic N) is 1. The summed E-state index contributed by atoms with van der Waals surface area (Å²) in [7, 11) is 0. The smallest absolute Gasteiger partial charge is 0.410 e. The third kappa shape index (κ3) is 8.88. The summed E-state index contributed by atoms with van der Waals surface area (Å²) in [6, 6.07) is 9.46. The molecule has 1 amide bonds. The quantitative estimate of drug-likeness (QED) is 0.532. The molecule has 0 saturated carbocycles. The fourth-order valence-electron chi connectivity index (χ4n) is 2.09. The van der Waals surface area contributed by atoms with Gasteiger partial charge in [0, 0.05) is 19.5 Å². The third-order valence-corrected chi connectivity index (χ3v) is 3.18. The van der Waals surface area contributed by atoms with Crippen molar-refractivity contribution in [1.82, 2.24) is 4.90 Å². The Balaban J connectivity index is 2.69. The molecule has 0 unspecified atom stereocenters. The van der Waals surface area contributed by atoms with E-state index in [0.717, 1.165) is 5.56 Å². The van der Waals surface area contributed by atoms with Gasteiger partial charge >= 0.3 is 12.1 Å². The van der Waals surface area contributed by atoms with Gasteiger partial charge in [-0.1, -0.05) is 30.3 Å². The van der Waals surface area contributed by atoms with Crippen molar-refractivity contribution in [1.29, 1.82) is 0 Å². The van der Waals surface area contributed by atoms with Crippen LogP contribution in [0.1, 0.15) is 46.1 Å². The number of amides is 1. The minimum absolute atomic E-state index is 0.0743.